The Hall–Kier alpha value is -2.02. The highest BCUT2D eigenvalue weighted by atomic mass is 127. The summed E-state index contributed by atoms with van der Waals surface area (Å²) in [6, 6.07) is -0.261. The van der Waals surface area contributed by atoms with Crippen LogP contribution < -0.4 is 11.2 Å². The van der Waals surface area contributed by atoms with E-state index in [1.165, 1.54) is 17.7 Å². The zero-order chi connectivity index (χ0) is 18.8. The number of hydrogen-bond acceptors (Lipinski definition) is 7. The summed E-state index contributed by atoms with van der Waals surface area (Å²) in [5.74, 6) is -0.417. The molecule has 2 aromatic rings. The molecule has 26 heavy (non-hydrogen) atoms. The summed E-state index contributed by atoms with van der Waals surface area (Å²) >= 11 is 2.19. The van der Waals surface area contributed by atoms with Crippen molar-refractivity contribution in [2.75, 3.05) is 6.61 Å². The number of aryl methyl sites for hydroxylation is 1. The molecule has 1 aliphatic heterocycles. The number of ether oxygens (including phenoxy) is 2. The molecule has 0 saturated carbocycles. The lowest BCUT2D eigenvalue weighted by molar-refractivity contribution is -0.146. The van der Waals surface area contributed by atoms with Gasteiger partial charge in [-0.3, -0.25) is 19.1 Å². The quantitative estimate of drug-likeness (QED) is 0.379. The first-order valence-electron chi connectivity index (χ1n) is 7.96. The summed E-state index contributed by atoms with van der Waals surface area (Å²) in [4.78, 5) is 37.2. The molecule has 0 radical (unpaired) electrons. The van der Waals surface area contributed by atoms with E-state index in [9.17, 15) is 14.4 Å². The number of alkyl halides is 1. The van der Waals surface area contributed by atoms with Gasteiger partial charge in [0.05, 0.1) is 11.7 Å². The summed E-state index contributed by atoms with van der Waals surface area (Å²) in [6.07, 6.45) is 2.59. The number of carbonyl (C=O) groups is 1. The number of rotatable bonds is 5. The van der Waals surface area contributed by atoms with E-state index in [0.717, 1.165) is 5.69 Å². The van der Waals surface area contributed by atoms with Crippen LogP contribution in [0.3, 0.4) is 0 Å². The molecule has 0 unspecified atom stereocenters. The Balaban J connectivity index is 1.90. The molecule has 11 heteroatoms. The molecule has 3 rings (SSSR count). The molecule has 1 N–H and O–H groups in total. The Kier molecular flexibility index (Phi) is 5.55. The number of halogens is 1. The van der Waals surface area contributed by atoms with Crippen LogP contribution in [-0.2, 0) is 18.7 Å². The van der Waals surface area contributed by atoms with Crippen LogP contribution in [0.2, 0.25) is 0 Å². The first-order valence-corrected chi connectivity index (χ1v) is 9.49. The third kappa shape index (κ3) is 3.87. The maximum Gasteiger partial charge on any atom is 0.330 e. The Morgan fingerprint density at radius 2 is 2.23 bits per heavy atom. The fourth-order valence-electron chi connectivity index (χ4n) is 2.85. The van der Waals surface area contributed by atoms with Gasteiger partial charge in [0.2, 0.25) is 0 Å². The second-order valence-electron chi connectivity index (χ2n) is 6.04. The second kappa shape index (κ2) is 7.70. The molecule has 0 spiro atoms. The third-order valence-corrected chi connectivity index (χ3v) is 4.93. The number of H-pyrrole nitrogens is 1. The predicted octanol–water partition coefficient (Wildman–Crippen LogP) is 0.463. The van der Waals surface area contributed by atoms with Gasteiger partial charge >= 0.3 is 11.7 Å². The highest BCUT2D eigenvalue weighted by Crippen LogP contribution is 2.36. The van der Waals surface area contributed by atoms with Crippen molar-refractivity contribution in [3.05, 3.63) is 44.5 Å². The summed E-state index contributed by atoms with van der Waals surface area (Å²) in [7, 11) is 0. The molecule has 3 atom stereocenters. The molecule has 140 valence electrons. The number of hydrogen-bond donors (Lipinski definition) is 1. The van der Waals surface area contributed by atoms with E-state index in [2.05, 4.69) is 37.9 Å². The lowest BCUT2D eigenvalue weighted by Gasteiger charge is -2.17. The molecule has 0 bridgehead atoms. The largest absolute Gasteiger partial charge is 0.463 e. The molecular weight excluding hydrogens is 457 g/mol. The van der Waals surface area contributed by atoms with Crippen LogP contribution in [0, 0.1) is 6.92 Å². The van der Waals surface area contributed by atoms with Crippen molar-refractivity contribution in [1.82, 2.24) is 24.5 Å². The molecule has 0 amide bonds. The van der Waals surface area contributed by atoms with Crippen LogP contribution >= 0.6 is 22.6 Å². The van der Waals surface area contributed by atoms with Gasteiger partial charge in [-0.25, -0.2) is 9.48 Å². The summed E-state index contributed by atoms with van der Waals surface area (Å²) in [5, 5.41) is 8.20. The van der Waals surface area contributed by atoms with Crippen LogP contribution in [0.25, 0.3) is 0 Å². The normalized spacial score (nSPS) is 22.5. The lowest BCUT2D eigenvalue weighted by atomic mass is 10.1. The Morgan fingerprint density at radius 3 is 2.88 bits per heavy atom. The van der Waals surface area contributed by atoms with Crippen LogP contribution in [0.4, 0.5) is 0 Å². The van der Waals surface area contributed by atoms with Gasteiger partial charge in [0, 0.05) is 35.7 Å². The standard InChI is InChI=1S/C15H18IN5O5/c1-8-5-20(15(24)17-14(8)23)13-3-11(12(26-13)7-25-9(2)22)21-6-10(4-16)18-19-21/h5-6,11-13H,3-4,7H2,1-2H3,(H,17,23,24)/t11-,12+,13+/m0/s1. The van der Waals surface area contributed by atoms with Crippen molar-refractivity contribution < 1.29 is 14.3 Å². The Bertz CT molecular complexity index is 920. The van der Waals surface area contributed by atoms with Gasteiger partial charge in [-0.2, -0.15) is 0 Å². The molecule has 0 aromatic carbocycles. The number of aromatic amines is 1. The van der Waals surface area contributed by atoms with Gasteiger partial charge in [0.15, 0.2) is 0 Å². The minimum Gasteiger partial charge on any atom is -0.463 e. The third-order valence-electron chi connectivity index (χ3n) is 4.15. The first kappa shape index (κ1) is 18.8. The maximum absolute atomic E-state index is 12.2. The molecule has 3 heterocycles. The molecule has 1 aliphatic rings. The van der Waals surface area contributed by atoms with Gasteiger partial charge in [0.1, 0.15) is 18.9 Å². The predicted molar refractivity (Wildman–Crippen MR) is 98.0 cm³/mol. The van der Waals surface area contributed by atoms with Crippen molar-refractivity contribution in [3.8, 4) is 0 Å². The van der Waals surface area contributed by atoms with Crippen LogP contribution in [0.15, 0.2) is 22.0 Å². The zero-order valence-electron chi connectivity index (χ0n) is 14.2. The van der Waals surface area contributed by atoms with Gasteiger partial charge in [-0.15, -0.1) is 5.10 Å². The van der Waals surface area contributed by atoms with Crippen molar-refractivity contribution in [1.29, 1.82) is 0 Å². The van der Waals surface area contributed by atoms with E-state index in [0.29, 0.717) is 16.4 Å². The lowest BCUT2D eigenvalue weighted by Crippen LogP contribution is -2.33. The molecular formula is C15H18IN5O5. The Labute approximate surface area is 161 Å². The zero-order valence-corrected chi connectivity index (χ0v) is 16.4. The van der Waals surface area contributed by atoms with Crippen LogP contribution in [0.5, 0.6) is 0 Å². The average Bonchev–Trinajstić information content (AvgIpc) is 3.22. The van der Waals surface area contributed by atoms with Gasteiger partial charge in [-0.1, -0.05) is 27.8 Å². The van der Waals surface area contributed by atoms with Crippen molar-refractivity contribution in [2.24, 2.45) is 0 Å². The average molecular weight is 475 g/mol. The van der Waals surface area contributed by atoms with Crippen molar-refractivity contribution in [2.45, 2.75) is 43.1 Å². The van der Waals surface area contributed by atoms with Crippen LogP contribution in [-0.4, -0.2) is 43.2 Å². The number of nitrogens with one attached hydrogen (secondary N) is 1. The molecule has 2 aromatic heterocycles. The molecule has 10 nitrogen and oxygen atoms in total. The van der Waals surface area contributed by atoms with Crippen LogP contribution in [0.1, 0.15) is 36.9 Å². The topological polar surface area (TPSA) is 121 Å². The van der Waals surface area contributed by atoms with E-state index >= 15 is 0 Å². The fourth-order valence-corrected chi connectivity index (χ4v) is 3.20. The SMILES string of the molecule is CC(=O)OC[C@H]1O[C@@H](n2cc(C)c(=O)[nH]c2=O)C[C@@H]1n1cc(CI)nn1. The monoisotopic (exact) mass is 475 g/mol. The van der Waals surface area contributed by atoms with E-state index in [1.807, 2.05) is 6.20 Å². The summed E-state index contributed by atoms with van der Waals surface area (Å²) < 4.78 is 14.8. The minimum atomic E-state index is -0.615. The minimum absolute atomic E-state index is 0.0347. The van der Waals surface area contributed by atoms with E-state index < -0.39 is 29.6 Å². The second-order valence-corrected chi connectivity index (χ2v) is 6.80. The first-order chi connectivity index (χ1) is 12.4. The van der Waals surface area contributed by atoms with E-state index in [4.69, 9.17) is 9.47 Å². The molecule has 1 fully saturated rings. The molecule has 0 aliphatic carbocycles. The van der Waals surface area contributed by atoms with E-state index in [-0.39, 0.29) is 12.6 Å². The Morgan fingerprint density at radius 1 is 1.46 bits per heavy atom. The van der Waals surface area contributed by atoms with Gasteiger partial charge < -0.3 is 9.47 Å². The van der Waals surface area contributed by atoms with Gasteiger partial charge in [0.25, 0.3) is 5.56 Å². The fraction of sp³-hybridized carbons (Fsp3) is 0.533. The highest BCUT2D eigenvalue weighted by Gasteiger charge is 2.39. The number of esters is 1. The van der Waals surface area contributed by atoms with Crippen molar-refractivity contribution in [3.63, 3.8) is 0 Å². The maximum atomic E-state index is 12.2. The number of aromatic nitrogens is 5. The number of carbonyl (C=O) groups excluding carboxylic acids is 1. The summed E-state index contributed by atoms with van der Waals surface area (Å²) in [6.45, 7) is 2.97. The van der Waals surface area contributed by atoms with Gasteiger partial charge in [-0.05, 0) is 6.92 Å². The summed E-state index contributed by atoms with van der Waals surface area (Å²) in [5.41, 5.74) is 0.239. The van der Waals surface area contributed by atoms with Crippen molar-refractivity contribution >= 4 is 28.6 Å². The smallest absolute Gasteiger partial charge is 0.330 e. The highest BCUT2D eigenvalue weighted by molar-refractivity contribution is 14.1. The van der Waals surface area contributed by atoms with E-state index in [1.54, 1.807) is 11.6 Å². The molecule has 1 saturated heterocycles. The number of nitrogens with zero attached hydrogens (tertiary/aromatic N) is 4.